The van der Waals surface area contributed by atoms with Crippen LogP contribution in [0, 0.1) is 5.21 Å². The first-order valence-corrected chi connectivity index (χ1v) is 5.79. The molecule has 0 saturated carbocycles. The van der Waals surface area contributed by atoms with Gasteiger partial charge in [-0.25, -0.2) is 4.74 Å². The van der Waals surface area contributed by atoms with E-state index in [9.17, 15) is 10.3 Å². The van der Waals surface area contributed by atoms with Gasteiger partial charge in [0.2, 0.25) is 0 Å². The van der Waals surface area contributed by atoms with E-state index in [-0.39, 0.29) is 6.04 Å². The fourth-order valence-corrected chi connectivity index (χ4v) is 2.14. The number of aliphatic hydroxyl groups excluding tert-OH is 1. The van der Waals surface area contributed by atoms with Crippen LogP contribution < -0.4 is 0 Å². The fraction of sp³-hybridized carbons (Fsp3) is 0.462. The Morgan fingerprint density at radius 2 is 2.12 bits per heavy atom. The van der Waals surface area contributed by atoms with Gasteiger partial charge in [0, 0.05) is 19.3 Å². The molecule has 0 saturated heterocycles. The van der Waals surface area contributed by atoms with E-state index in [1.807, 2.05) is 30.3 Å². The summed E-state index contributed by atoms with van der Waals surface area (Å²) in [6.07, 6.45) is 4.46. The molecule has 0 amide bonds. The summed E-state index contributed by atoms with van der Waals surface area (Å²) in [6.45, 7) is 0. The summed E-state index contributed by atoms with van der Waals surface area (Å²) in [5.41, 5.74) is 0.890. The SMILES string of the molecule is [O-][N+]1=CCCCC1C[C@H](O)c1ccccc1. The van der Waals surface area contributed by atoms with Crippen molar-refractivity contribution >= 4 is 6.21 Å². The lowest BCUT2D eigenvalue weighted by atomic mass is 9.97. The Morgan fingerprint density at radius 3 is 2.81 bits per heavy atom. The van der Waals surface area contributed by atoms with E-state index in [4.69, 9.17) is 0 Å². The summed E-state index contributed by atoms with van der Waals surface area (Å²) in [5, 5.41) is 21.5. The van der Waals surface area contributed by atoms with E-state index >= 15 is 0 Å². The number of nitrogens with zero attached hydrogens (tertiary/aromatic N) is 1. The first-order chi connectivity index (χ1) is 7.77. The third-order valence-electron chi connectivity index (χ3n) is 3.09. The van der Waals surface area contributed by atoms with Crippen LogP contribution in [0.4, 0.5) is 0 Å². The molecule has 16 heavy (non-hydrogen) atoms. The molecule has 1 aliphatic rings. The summed E-state index contributed by atoms with van der Waals surface area (Å²) >= 11 is 0. The number of rotatable bonds is 3. The maximum Gasteiger partial charge on any atom is 0.165 e. The molecule has 0 spiro atoms. The van der Waals surface area contributed by atoms with Crippen molar-refractivity contribution in [2.75, 3.05) is 0 Å². The Kier molecular flexibility index (Phi) is 3.57. The summed E-state index contributed by atoms with van der Waals surface area (Å²) in [6, 6.07) is 9.45. The number of aliphatic hydroxyl groups is 1. The van der Waals surface area contributed by atoms with E-state index < -0.39 is 6.10 Å². The molecule has 2 atom stereocenters. The molecule has 0 aromatic heterocycles. The molecule has 1 aromatic carbocycles. The monoisotopic (exact) mass is 219 g/mol. The third kappa shape index (κ3) is 2.61. The highest BCUT2D eigenvalue weighted by Crippen LogP contribution is 2.22. The largest absolute Gasteiger partial charge is 0.624 e. The molecule has 1 unspecified atom stereocenters. The Bertz CT molecular complexity index is 361. The molecule has 0 fully saturated rings. The van der Waals surface area contributed by atoms with Crippen LogP contribution in [0.3, 0.4) is 0 Å². The number of benzene rings is 1. The quantitative estimate of drug-likeness (QED) is 0.626. The van der Waals surface area contributed by atoms with Crippen molar-refractivity contribution in [2.24, 2.45) is 0 Å². The highest BCUT2D eigenvalue weighted by Gasteiger charge is 2.23. The zero-order valence-electron chi connectivity index (χ0n) is 9.25. The van der Waals surface area contributed by atoms with Gasteiger partial charge in [0.15, 0.2) is 12.3 Å². The van der Waals surface area contributed by atoms with Crippen molar-refractivity contribution in [1.29, 1.82) is 0 Å². The highest BCUT2D eigenvalue weighted by molar-refractivity contribution is 5.51. The summed E-state index contributed by atoms with van der Waals surface area (Å²) < 4.78 is 1.01. The molecule has 0 radical (unpaired) electrons. The van der Waals surface area contributed by atoms with Gasteiger partial charge in [-0.2, -0.15) is 0 Å². The van der Waals surface area contributed by atoms with Gasteiger partial charge in [-0.15, -0.1) is 0 Å². The van der Waals surface area contributed by atoms with Crippen molar-refractivity contribution in [1.82, 2.24) is 0 Å². The normalized spacial score (nSPS) is 22.6. The van der Waals surface area contributed by atoms with Crippen molar-refractivity contribution < 1.29 is 9.85 Å². The summed E-state index contributed by atoms with van der Waals surface area (Å²) in [7, 11) is 0. The number of hydrogen-bond donors (Lipinski definition) is 1. The zero-order valence-corrected chi connectivity index (χ0v) is 9.25. The van der Waals surface area contributed by atoms with Gasteiger partial charge >= 0.3 is 0 Å². The first kappa shape index (κ1) is 11.1. The summed E-state index contributed by atoms with van der Waals surface area (Å²) in [5.74, 6) is 0. The summed E-state index contributed by atoms with van der Waals surface area (Å²) in [4.78, 5) is 0. The minimum Gasteiger partial charge on any atom is -0.624 e. The van der Waals surface area contributed by atoms with Crippen LogP contribution in [0.2, 0.25) is 0 Å². The average molecular weight is 219 g/mol. The predicted octanol–water partition coefficient (Wildman–Crippen LogP) is 2.24. The molecule has 1 N–H and O–H groups in total. The molecular weight excluding hydrogens is 202 g/mol. The smallest absolute Gasteiger partial charge is 0.165 e. The number of hydroxylamine groups is 1. The Labute approximate surface area is 95.6 Å². The molecule has 0 bridgehead atoms. The molecule has 0 aliphatic carbocycles. The topological polar surface area (TPSA) is 46.3 Å². The third-order valence-corrected chi connectivity index (χ3v) is 3.09. The molecule has 3 heteroatoms. The second-order valence-corrected chi connectivity index (χ2v) is 4.29. The molecule has 2 rings (SSSR count). The average Bonchev–Trinajstić information content (AvgIpc) is 2.33. The fourth-order valence-electron chi connectivity index (χ4n) is 2.14. The van der Waals surface area contributed by atoms with Crippen LogP contribution in [0.15, 0.2) is 30.3 Å². The van der Waals surface area contributed by atoms with E-state index in [0.29, 0.717) is 6.42 Å². The van der Waals surface area contributed by atoms with Gasteiger partial charge in [-0.05, 0) is 12.0 Å². The maximum absolute atomic E-state index is 11.5. The maximum atomic E-state index is 11.5. The molecule has 86 valence electrons. The minimum atomic E-state index is -0.533. The number of hydrogen-bond acceptors (Lipinski definition) is 2. The van der Waals surface area contributed by atoms with Gasteiger partial charge in [0.05, 0.1) is 6.10 Å². The standard InChI is InChI=1S/C13H17NO2/c15-13(11-6-2-1-3-7-11)10-12-8-4-5-9-14(12)16/h1-3,6-7,9,12-13,15H,4-5,8,10H2/t12?,13-/m0/s1. The Morgan fingerprint density at radius 1 is 1.38 bits per heavy atom. The van der Waals surface area contributed by atoms with Crippen LogP contribution in [-0.4, -0.2) is 22.1 Å². The highest BCUT2D eigenvalue weighted by atomic mass is 16.5. The predicted molar refractivity (Wildman–Crippen MR) is 63.3 cm³/mol. The van der Waals surface area contributed by atoms with Crippen LogP contribution in [0.1, 0.15) is 37.4 Å². The van der Waals surface area contributed by atoms with Crippen LogP contribution in [-0.2, 0) is 0 Å². The van der Waals surface area contributed by atoms with Crippen molar-refractivity contribution in [3.05, 3.63) is 41.1 Å². The molecule has 1 aliphatic heterocycles. The van der Waals surface area contributed by atoms with E-state index in [0.717, 1.165) is 29.6 Å². The van der Waals surface area contributed by atoms with Crippen molar-refractivity contribution in [2.45, 2.75) is 37.8 Å². The second-order valence-electron chi connectivity index (χ2n) is 4.29. The first-order valence-electron chi connectivity index (χ1n) is 5.79. The second kappa shape index (κ2) is 5.12. The lowest BCUT2D eigenvalue weighted by Crippen LogP contribution is -2.28. The van der Waals surface area contributed by atoms with Gasteiger partial charge in [0.1, 0.15) is 0 Å². The van der Waals surface area contributed by atoms with Crippen molar-refractivity contribution in [3.8, 4) is 0 Å². The Balaban J connectivity index is 1.99. The van der Waals surface area contributed by atoms with E-state index in [1.54, 1.807) is 6.21 Å². The van der Waals surface area contributed by atoms with Crippen LogP contribution >= 0.6 is 0 Å². The van der Waals surface area contributed by atoms with Gasteiger partial charge in [-0.1, -0.05) is 30.3 Å². The van der Waals surface area contributed by atoms with Crippen molar-refractivity contribution in [3.63, 3.8) is 0 Å². The van der Waals surface area contributed by atoms with E-state index in [2.05, 4.69) is 0 Å². The zero-order chi connectivity index (χ0) is 11.4. The van der Waals surface area contributed by atoms with E-state index in [1.165, 1.54) is 0 Å². The molecule has 3 nitrogen and oxygen atoms in total. The van der Waals surface area contributed by atoms with Gasteiger partial charge < -0.3 is 10.3 Å². The van der Waals surface area contributed by atoms with Gasteiger partial charge in [-0.3, -0.25) is 0 Å². The molecule has 1 heterocycles. The van der Waals surface area contributed by atoms with Gasteiger partial charge in [0.25, 0.3) is 0 Å². The molecule has 1 aromatic rings. The van der Waals surface area contributed by atoms with Crippen LogP contribution in [0.5, 0.6) is 0 Å². The lowest BCUT2D eigenvalue weighted by molar-refractivity contribution is -0.506. The molecular formula is C13H17NO2. The lowest BCUT2D eigenvalue weighted by Gasteiger charge is -2.22. The minimum absolute atomic E-state index is 0.0658. The Hall–Kier alpha value is -1.35. The van der Waals surface area contributed by atoms with Crippen LogP contribution in [0.25, 0.3) is 0 Å².